The van der Waals surface area contributed by atoms with E-state index in [1.807, 2.05) is 24.4 Å². The van der Waals surface area contributed by atoms with Crippen LogP contribution in [0.3, 0.4) is 0 Å². The van der Waals surface area contributed by atoms with Gasteiger partial charge in [0.15, 0.2) is 11.6 Å². The minimum Gasteiger partial charge on any atom is -0.355 e. The zero-order valence-electron chi connectivity index (χ0n) is 12.3. The van der Waals surface area contributed by atoms with Gasteiger partial charge in [0, 0.05) is 25.8 Å². The topological polar surface area (TPSA) is 45.2 Å². The number of nitrogens with zero attached hydrogens (tertiary/aromatic N) is 5. The Kier molecular flexibility index (Phi) is 3.36. The van der Waals surface area contributed by atoms with Gasteiger partial charge in [0.2, 0.25) is 0 Å². The molecule has 2 atom stereocenters. The zero-order valence-corrected chi connectivity index (χ0v) is 12.3. The summed E-state index contributed by atoms with van der Waals surface area (Å²) in [6, 6.07) is 6.25. The molecule has 114 valence electrons. The van der Waals surface area contributed by atoms with Crippen molar-refractivity contribution in [2.24, 2.45) is 5.92 Å². The highest BCUT2D eigenvalue weighted by Crippen LogP contribution is 2.35. The summed E-state index contributed by atoms with van der Waals surface area (Å²) in [7, 11) is 0. The molecule has 0 aromatic carbocycles. The molecule has 0 amide bonds. The quantitative estimate of drug-likeness (QED) is 0.850. The van der Waals surface area contributed by atoms with Crippen molar-refractivity contribution < 1.29 is 4.39 Å². The molecule has 0 aliphatic carbocycles. The molecule has 2 aliphatic rings. The second-order valence-corrected chi connectivity index (χ2v) is 5.93. The van der Waals surface area contributed by atoms with E-state index >= 15 is 0 Å². The predicted molar refractivity (Wildman–Crippen MR) is 82.3 cm³/mol. The number of rotatable bonds is 2. The molecule has 6 heteroatoms. The summed E-state index contributed by atoms with van der Waals surface area (Å²) >= 11 is 0. The van der Waals surface area contributed by atoms with Crippen molar-refractivity contribution >= 4 is 11.6 Å². The molecule has 4 rings (SSSR count). The lowest BCUT2D eigenvalue weighted by molar-refractivity contribution is 0.387. The predicted octanol–water partition coefficient (Wildman–Crippen LogP) is 2.12. The van der Waals surface area contributed by atoms with E-state index in [4.69, 9.17) is 0 Å². The van der Waals surface area contributed by atoms with Crippen LogP contribution in [-0.2, 0) is 0 Å². The molecule has 2 fully saturated rings. The fourth-order valence-electron chi connectivity index (χ4n) is 3.67. The van der Waals surface area contributed by atoms with Gasteiger partial charge in [-0.1, -0.05) is 6.07 Å². The van der Waals surface area contributed by atoms with Crippen molar-refractivity contribution in [3.05, 3.63) is 42.7 Å². The van der Waals surface area contributed by atoms with Gasteiger partial charge in [-0.3, -0.25) is 0 Å². The van der Waals surface area contributed by atoms with Crippen molar-refractivity contribution in [3.63, 3.8) is 0 Å². The Morgan fingerprint density at radius 1 is 1.14 bits per heavy atom. The first-order valence-electron chi connectivity index (χ1n) is 7.71. The van der Waals surface area contributed by atoms with Crippen LogP contribution in [0.2, 0.25) is 0 Å². The minimum atomic E-state index is -0.335. The maximum Gasteiger partial charge on any atom is 0.183 e. The van der Waals surface area contributed by atoms with Gasteiger partial charge in [-0.25, -0.2) is 19.3 Å². The molecule has 2 aromatic rings. The van der Waals surface area contributed by atoms with E-state index < -0.39 is 0 Å². The molecule has 2 unspecified atom stereocenters. The van der Waals surface area contributed by atoms with E-state index in [0.717, 1.165) is 38.3 Å². The number of piperidine rings is 1. The summed E-state index contributed by atoms with van der Waals surface area (Å²) in [4.78, 5) is 16.7. The molecule has 2 aliphatic heterocycles. The van der Waals surface area contributed by atoms with E-state index in [2.05, 4.69) is 24.8 Å². The molecule has 0 saturated carbocycles. The summed E-state index contributed by atoms with van der Waals surface area (Å²) in [5.41, 5.74) is 0. The Morgan fingerprint density at radius 3 is 2.86 bits per heavy atom. The van der Waals surface area contributed by atoms with E-state index in [0.29, 0.717) is 17.8 Å². The number of pyridine rings is 1. The number of anilines is 2. The number of aromatic nitrogens is 3. The smallest absolute Gasteiger partial charge is 0.183 e. The highest BCUT2D eigenvalue weighted by molar-refractivity contribution is 5.45. The summed E-state index contributed by atoms with van der Waals surface area (Å²) in [5.74, 6) is 1.70. The molecule has 0 bridgehead atoms. The molecule has 0 radical (unpaired) electrons. The van der Waals surface area contributed by atoms with Gasteiger partial charge >= 0.3 is 0 Å². The average Bonchev–Trinajstić information content (AvgIpc) is 2.99. The normalized spacial score (nSPS) is 24.4. The summed E-state index contributed by atoms with van der Waals surface area (Å²) < 4.78 is 14.0. The third-order valence-electron chi connectivity index (χ3n) is 4.76. The van der Waals surface area contributed by atoms with Crippen LogP contribution >= 0.6 is 0 Å². The van der Waals surface area contributed by atoms with Crippen LogP contribution in [0.15, 0.2) is 36.9 Å². The van der Waals surface area contributed by atoms with Crippen molar-refractivity contribution in [2.45, 2.75) is 18.9 Å². The zero-order chi connectivity index (χ0) is 14.9. The molecule has 0 spiro atoms. The van der Waals surface area contributed by atoms with E-state index in [1.165, 1.54) is 12.5 Å². The van der Waals surface area contributed by atoms with Crippen molar-refractivity contribution in [2.75, 3.05) is 29.4 Å². The molecule has 4 heterocycles. The molecule has 22 heavy (non-hydrogen) atoms. The molecule has 2 saturated heterocycles. The van der Waals surface area contributed by atoms with Crippen molar-refractivity contribution in [1.82, 2.24) is 15.0 Å². The lowest BCUT2D eigenvalue weighted by atomic mass is 9.92. The Labute approximate surface area is 128 Å². The molecule has 0 N–H and O–H groups in total. The van der Waals surface area contributed by atoms with Crippen LogP contribution in [0.5, 0.6) is 0 Å². The van der Waals surface area contributed by atoms with E-state index in [1.54, 1.807) is 0 Å². The van der Waals surface area contributed by atoms with Crippen LogP contribution in [0.25, 0.3) is 0 Å². The fraction of sp³-hybridized carbons (Fsp3) is 0.438. The van der Waals surface area contributed by atoms with Crippen LogP contribution in [-0.4, -0.2) is 40.6 Å². The second kappa shape index (κ2) is 5.51. The van der Waals surface area contributed by atoms with Gasteiger partial charge in [0.05, 0.1) is 12.2 Å². The minimum absolute atomic E-state index is 0.292. The SMILES string of the molecule is Fc1cncnc1N1CCC2CCN(c3ccccn3)CC21. The van der Waals surface area contributed by atoms with Gasteiger partial charge in [-0.2, -0.15) is 0 Å². The first-order chi connectivity index (χ1) is 10.8. The Hall–Kier alpha value is -2.24. The first-order valence-corrected chi connectivity index (χ1v) is 7.71. The standard InChI is InChI=1S/C16H18FN5/c17-13-9-18-11-20-16(13)22-8-5-12-4-7-21(10-14(12)22)15-3-1-2-6-19-15/h1-3,6,9,11-12,14H,4-5,7-8,10H2. The van der Waals surface area contributed by atoms with Crippen LogP contribution in [0.4, 0.5) is 16.0 Å². The van der Waals surface area contributed by atoms with E-state index in [9.17, 15) is 4.39 Å². The summed E-state index contributed by atoms with van der Waals surface area (Å²) in [6.45, 7) is 2.74. The highest BCUT2D eigenvalue weighted by atomic mass is 19.1. The Balaban J connectivity index is 1.59. The lowest BCUT2D eigenvalue weighted by Gasteiger charge is -2.39. The van der Waals surface area contributed by atoms with Gasteiger partial charge in [0.1, 0.15) is 12.1 Å². The fourth-order valence-corrected chi connectivity index (χ4v) is 3.67. The number of halogens is 1. The lowest BCUT2D eigenvalue weighted by Crippen LogP contribution is -2.49. The number of fused-ring (bicyclic) bond motifs is 1. The van der Waals surface area contributed by atoms with Crippen LogP contribution in [0, 0.1) is 11.7 Å². The van der Waals surface area contributed by atoms with Gasteiger partial charge in [0.25, 0.3) is 0 Å². The van der Waals surface area contributed by atoms with Crippen molar-refractivity contribution in [1.29, 1.82) is 0 Å². The van der Waals surface area contributed by atoms with E-state index in [-0.39, 0.29) is 5.82 Å². The third kappa shape index (κ3) is 2.28. The highest BCUT2D eigenvalue weighted by Gasteiger charge is 2.40. The number of hydrogen-bond donors (Lipinski definition) is 0. The van der Waals surface area contributed by atoms with Gasteiger partial charge in [-0.15, -0.1) is 0 Å². The largest absolute Gasteiger partial charge is 0.355 e. The van der Waals surface area contributed by atoms with Crippen LogP contribution < -0.4 is 9.80 Å². The van der Waals surface area contributed by atoms with Gasteiger partial charge in [-0.05, 0) is 30.9 Å². The second-order valence-electron chi connectivity index (χ2n) is 5.93. The van der Waals surface area contributed by atoms with Gasteiger partial charge < -0.3 is 9.80 Å². The molecular formula is C16H18FN5. The molecule has 2 aromatic heterocycles. The number of hydrogen-bond acceptors (Lipinski definition) is 5. The summed E-state index contributed by atoms with van der Waals surface area (Å²) in [6.07, 6.45) is 6.70. The maximum absolute atomic E-state index is 14.0. The Morgan fingerprint density at radius 2 is 2.05 bits per heavy atom. The average molecular weight is 299 g/mol. The van der Waals surface area contributed by atoms with Crippen LogP contribution in [0.1, 0.15) is 12.8 Å². The Bertz CT molecular complexity index is 650. The monoisotopic (exact) mass is 299 g/mol. The molecule has 5 nitrogen and oxygen atoms in total. The first kappa shape index (κ1) is 13.4. The maximum atomic E-state index is 14.0. The molecular weight excluding hydrogens is 281 g/mol. The third-order valence-corrected chi connectivity index (χ3v) is 4.76. The van der Waals surface area contributed by atoms with Crippen molar-refractivity contribution in [3.8, 4) is 0 Å². The summed E-state index contributed by atoms with van der Waals surface area (Å²) in [5, 5.41) is 0.